The lowest BCUT2D eigenvalue weighted by atomic mass is 10.1. The molecule has 1 atom stereocenters. The lowest BCUT2D eigenvalue weighted by Crippen LogP contribution is -2.33. The third kappa shape index (κ3) is 3.76. The lowest BCUT2D eigenvalue weighted by Gasteiger charge is -2.22. The molecule has 0 aliphatic heterocycles. The number of halogens is 2. The first-order valence-electron chi connectivity index (χ1n) is 5.31. The highest BCUT2D eigenvalue weighted by atomic mass is 79.9. The monoisotopic (exact) mass is 289 g/mol. The number of nitrogens with one attached hydrogen (secondary N) is 1. The van der Waals surface area contributed by atoms with Gasteiger partial charge in [-0.05, 0) is 31.2 Å². The van der Waals surface area contributed by atoms with Crippen molar-refractivity contribution in [2.45, 2.75) is 20.0 Å². The van der Waals surface area contributed by atoms with Crippen LogP contribution >= 0.6 is 15.9 Å². The summed E-state index contributed by atoms with van der Waals surface area (Å²) in [5, 5.41) is 3.04. The fourth-order valence-electron chi connectivity index (χ4n) is 1.35. The van der Waals surface area contributed by atoms with Gasteiger partial charge in [-0.3, -0.25) is 0 Å². The Morgan fingerprint density at radius 3 is 2.62 bits per heavy atom. The van der Waals surface area contributed by atoms with E-state index < -0.39 is 0 Å². The molecule has 16 heavy (non-hydrogen) atoms. The minimum Gasteiger partial charge on any atom is -0.486 e. The zero-order chi connectivity index (χ0) is 12.1. The summed E-state index contributed by atoms with van der Waals surface area (Å²) in [6.07, 6.45) is -0.0272. The second-order valence-electron chi connectivity index (χ2n) is 4.03. The third-order valence-corrected chi connectivity index (χ3v) is 2.81. The van der Waals surface area contributed by atoms with Crippen LogP contribution < -0.4 is 10.1 Å². The first-order valence-corrected chi connectivity index (χ1v) is 6.10. The molecule has 0 aliphatic rings. The van der Waals surface area contributed by atoms with Gasteiger partial charge in [-0.2, -0.15) is 0 Å². The van der Waals surface area contributed by atoms with Gasteiger partial charge in [0, 0.05) is 11.0 Å². The molecule has 0 heterocycles. The molecule has 1 unspecified atom stereocenters. The Kier molecular flexibility index (Phi) is 5.22. The van der Waals surface area contributed by atoms with Crippen molar-refractivity contribution in [3.63, 3.8) is 0 Å². The highest BCUT2D eigenvalue weighted by Crippen LogP contribution is 2.23. The molecule has 0 saturated heterocycles. The van der Waals surface area contributed by atoms with E-state index in [-0.39, 0.29) is 11.9 Å². The Bertz CT molecular complexity index is 344. The normalized spacial score (nSPS) is 12.9. The highest BCUT2D eigenvalue weighted by molar-refractivity contribution is 9.10. The Labute approximate surface area is 104 Å². The summed E-state index contributed by atoms with van der Waals surface area (Å²) >= 11 is 3.21. The maximum atomic E-state index is 13.5. The first-order chi connectivity index (χ1) is 7.54. The van der Waals surface area contributed by atoms with E-state index in [1.54, 1.807) is 12.1 Å². The van der Waals surface area contributed by atoms with E-state index in [0.29, 0.717) is 22.7 Å². The van der Waals surface area contributed by atoms with Crippen molar-refractivity contribution in [2.75, 3.05) is 13.6 Å². The van der Waals surface area contributed by atoms with Crippen LogP contribution in [0.15, 0.2) is 22.7 Å². The molecule has 1 N–H and O–H groups in total. The molecule has 0 saturated carbocycles. The molecule has 90 valence electrons. The fraction of sp³-hybridized carbons (Fsp3) is 0.500. The molecule has 0 aromatic heterocycles. The molecule has 4 heteroatoms. The molecule has 0 fully saturated rings. The summed E-state index contributed by atoms with van der Waals surface area (Å²) in [6, 6.07) is 4.83. The second-order valence-corrected chi connectivity index (χ2v) is 4.95. The van der Waals surface area contributed by atoms with Crippen molar-refractivity contribution in [1.82, 2.24) is 5.32 Å². The molecule has 1 rings (SSSR count). The van der Waals surface area contributed by atoms with Crippen molar-refractivity contribution in [1.29, 1.82) is 0 Å². The topological polar surface area (TPSA) is 21.3 Å². The van der Waals surface area contributed by atoms with E-state index in [1.165, 1.54) is 6.07 Å². The van der Waals surface area contributed by atoms with Gasteiger partial charge in [-0.25, -0.2) is 4.39 Å². The van der Waals surface area contributed by atoms with Crippen molar-refractivity contribution in [2.24, 2.45) is 5.92 Å². The summed E-state index contributed by atoms with van der Waals surface area (Å²) in [5.41, 5.74) is 0. The molecule has 0 spiro atoms. The molecule has 0 amide bonds. The molecule has 0 aliphatic carbocycles. The second kappa shape index (κ2) is 6.21. The minimum absolute atomic E-state index is 0.0272. The largest absolute Gasteiger partial charge is 0.486 e. The van der Waals surface area contributed by atoms with Gasteiger partial charge < -0.3 is 10.1 Å². The van der Waals surface area contributed by atoms with Gasteiger partial charge in [-0.15, -0.1) is 0 Å². The number of hydrogen-bond acceptors (Lipinski definition) is 2. The van der Waals surface area contributed by atoms with Crippen LogP contribution in [0.1, 0.15) is 13.8 Å². The first kappa shape index (κ1) is 13.5. The standard InChI is InChI=1S/C12H17BrFNO/c1-8(2)12(7-15-3)16-11-5-4-9(13)6-10(11)14/h4-6,8,12,15H,7H2,1-3H3. The van der Waals surface area contributed by atoms with Crippen LogP contribution in [0.4, 0.5) is 4.39 Å². The van der Waals surface area contributed by atoms with Gasteiger partial charge in [0.05, 0.1) is 0 Å². The van der Waals surface area contributed by atoms with Crippen LogP contribution in [-0.4, -0.2) is 19.7 Å². The average Bonchev–Trinajstić information content (AvgIpc) is 2.20. The maximum absolute atomic E-state index is 13.5. The fourth-order valence-corrected chi connectivity index (χ4v) is 1.68. The van der Waals surface area contributed by atoms with E-state index in [9.17, 15) is 4.39 Å². The van der Waals surface area contributed by atoms with Crippen molar-refractivity contribution < 1.29 is 9.13 Å². The molecular formula is C12H17BrFNO. The lowest BCUT2D eigenvalue weighted by molar-refractivity contribution is 0.145. The highest BCUT2D eigenvalue weighted by Gasteiger charge is 2.16. The molecule has 0 radical (unpaired) electrons. The average molecular weight is 290 g/mol. The van der Waals surface area contributed by atoms with E-state index in [1.807, 2.05) is 7.05 Å². The number of rotatable bonds is 5. The van der Waals surface area contributed by atoms with E-state index >= 15 is 0 Å². The Hall–Kier alpha value is -0.610. The third-order valence-electron chi connectivity index (χ3n) is 2.32. The Morgan fingerprint density at radius 1 is 1.44 bits per heavy atom. The van der Waals surface area contributed by atoms with Crippen LogP contribution in [0.5, 0.6) is 5.75 Å². The predicted molar refractivity (Wildman–Crippen MR) is 67.3 cm³/mol. The zero-order valence-electron chi connectivity index (χ0n) is 9.76. The summed E-state index contributed by atoms with van der Waals surface area (Å²) in [5.74, 6) is 0.295. The van der Waals surface area contributed by atoms with Crippen LogP contribution in [0.25, 0.3) is 0 Å². The Morgan fingerprint density at radius 2 is 2.12 bits per heavy atom. The summed E-state index contributed by atoms with van der Waals surface area (Å²) in [6.45, 7) is 4.81. The van der Waals surface area contributed by atoms with Crippen LogP contribution in [0.3, 0.4) is 0 Å². The molecule has 1 aromatic rings. The molecule has 1 aromatic carbocycles. The van der Waals surface area contributed by atoms with Crippen molar-refractivity contribution in [3.8, 4) is 5.75 Å². The van der Waals surface area contributed by atoms with Gasteiger partial charge in [-0.1, -0.05) is 29.8 Å². The minimum atomic E-state index is -0.337. The maximum Gasteiger partial charge on any atom is 0.166 e. The van der Waals surface area contributed by atoms with Gasteiger partial charge >= 0.3 is 0 Å². The van der Waals surface area contributed by atoms with E-state index in [0.717, 1.165) is 0 Å². The van der Waals surface area contributed by atoms with Gasteiger partial charge in [0.2, 0.25) is 0 Å². The van der Waals surface area contributed by atoms with Gasteiger partial charge in [0.1, 0.15) is 6.10 Å². The smallest absolute Gasteiger partial charge is 0.166 e. The van der Waals surface area contributed by atoms with Gasteiger partial charge in [0.25, 0.3) is 0 Å². The predicted octanol–water partition coefficient (Wildman–Crippen LogP) is 3.21. The number of ether oxygens (including phenoxy) is 1. The van der Waals surface area contributed by atoms with Crippen LogP contribution in [-0.2, 0) is 0 Å². The van der Waals surface area contributed by atoms with Crippen molar-refractivity contribution >= 4 is 15.9 Å². The SMILES string of the molecule is CNCC(Oc1ccc(Br)cc1F)C(C)C. The number of hydrogen-bond donors (Lipinski definition) is 1. The van der Waals surface area contributed by atoms with E-state index in [4.69, 9.17) is 4.74 Å². The van der Waals surface area contributed by atoms with Gasteiger partial charge in [0.15, 0.2) is 11.6 Å². The summed E-state index contributed by atoms with van der Waals surface area (Å²) in [4.78, 5) is 0. The summed E-state index contributed by atoms with van der Waals surface area (Å²) in [7, 11) is 1.86. The quantitative estimate of drug-likeness (QED) is 0.899. The van der Waals surface area contributed by atoms with Crippen LogP contribution in [0, 0.1) is 11.7 Å². The van der Waals surface area contributed by atoms with Crippen molar-refractivity contribution in [3.05, 3.63) is 28.5 Å². The molecular weight excluding hydrogens is 273 g/mol. The number of benzene rings is 1. The van der Waals surface area contributed by atoms with Crippen LogP contribution in [0.2, 0.25) is 0 Å². The molecule has 2 nitrogen and oxygen atoms in total. The Balaban J connectivity index is 2.77. The number of likely N-dealkylation sites (N-methyl/N-ethyl adjacent to an activating group) is 1. The summed E-state index contributed by atoms with van der Waals surface area (Å²) < 4.78 is 19.9. The van der Waals surface area contributed by atoms with E-state index in [2.05, 4.69) is 35.1 Å². The molecule has 0 bridgehead atoms. The zero-order valence-corrected chi connectivity index (χ0v) is 11.3.